The minimum atomic E-state index is -0.598. The largest absolute Gasteiger partial charge is 0.493 e. The molecule has 0 spiro atoms. The highest BCUT2D eigenvalue weighted by Gasteiger charge is 2.32. The number of ether oxygens (including phenoxy) is 2. The van der Waals surface area contributed by atoms with E-state index in [1.807, 2.05) is 13.8 Å². The zero-order valence-electron chi connectivity index (χ0n) is 17.1. The Morgan fingerprint density at radius 2 is 1.86 bits per heavy atom. The summed E-state index contributed by atoms with van der Waals surface area (Å²) in [6.07, 6.45) is 3.20. The fourth-order valence-corrected chi connectivity index (χ4v) is 3.23. The number of methoxy groups -OCH3 is 1. The summed E-state index contributed by atoms with van der Waals surface area (Å²) >= 11 is 0. The summed E-state index contributed by atoms with van der Waals surface area (Å²) in [6.45, 7) is 4.92. The van der Waals surface area contributed by atoms with Crippen molar-refractivity contribution < 1.29 is 14.3 Å². The van der Waals surface area contributed by atoms with E-state index in [9.17, 15) is 14.4 Å². The van der Waals surface area contributed by atoms with Gasteiger partial charge < -0.3 is 14.8 Å². The molecule has 0 amide bonds. The average Bonchev–Trinajstić information content (AvgIpc) is 3.04. The van der Waals surface area contributed by atoms with Crippen LogP contribution in [0.25, 0.3) is 6.08 Å². The second kappa shape index (κ2) is 8.38. The van der Waals surface area contributed by atoms with E-state index in [1.54, 1.807) is 31.4 Å². The number of carbonyl (C=O) groups is 1. The molecule has 1 aliphatic heterocycles. The molecule has 1 aromatic heterocycles. The van der Waals surface area contributed by atoms with Crippen LogP contribution in [0.1, 0.15) is 42.6 Å². The molecule has 1 aliphatic rings. The van der Waals surface area contributed by atoms with Crippen LogP contribution in [0.2, 0.25) is 0 Å². The van der Waals surface area contributed by atoms with Gasteiger partial charge in [0.2, 0.25) is 5.78 Å². The van der Waals surface area contributed by atoms with Crippen molar-refractivity contribution in [3.05, 3.63) is 55.9 Å². The molecule has 0 radical (unpaired) electrons. The SMILES string of the molecule is CCCOc1ccc(C=C2Nc3c(c(=O)n(C)c(=O)n3CCC)C2=O)cc1OC. The number of hydrogen-bond donors (Lipinski definition) is 1. The molecule has 0 atom stereocenters. The number of nitrogens with one attached hydrogen (secondary N) is 1. The van der Waals surface area contributed by atoms with Crippen LogP contribution in [-0.4, -0.2) is 28.6 Å². The fourth-order valence-electron chi connectivity index (χ4n) is 3.23. The monoisotopic (exact) mass is 399 g/mol. The highest BCUT2D eigenvalue weighted by atomic mass is 16.5. The Morgan fingerprint density at radius 1 is 1.10 bits per heavy atom. The van der Waals surface area contributed by atoms with E-state index in [0.29, 0.717) is 36.6 Å². The summed E-state index contributed by atoms with van der Waals surface area (Å²) in [7, 11) is 2.93. The number of anilines is 1. The maximum atomic E-state index is 12.9. The number of ketones is 1. The number of allylic oxidation sites excluding steroid dienone is 1. The van der Waals surface area contributed by atoms with Gasteiger partial charge in [-0.25, -0.2) is 4.79 Å². The highest BCUT2D eigenvalue weighted by molar-refractivity contribution is 6.19. The van der Waals surface area contributed by atoms with Crippen LogP contribution in [0.5, 0.6) is 11.5 Å². The molecule has 0 unspecified atom stereocenters. The number of hydrogen-bond acceptors (Lipinski definition) is 6. The first kappa shape index (κ1) is 20.4. The van der Waals surface area contributed by atoms with E-state index in [1.165, 1.54) is 11.6 Å². The van der Waals surface area contributed by atoms with Crippen molar-refractivity contribution in [2.45, 2.75) is 33.2 Å². The number of rotatable bonds is 7. The number of benzene rings is 1. The van der Waals surface area contributed by atoms with Gasteiger partial charge in [-0.2, -0.15) is 0 Å². The molecule has 1 aromatic carbocycles. The molecule has 1 N–H and O–H groups in total. The predicted octanol–water partition coefficient (Wildman–Crippen LogP) is 2.40. The van der Waals surface area contributed by atoms with E-state index in [-0.39, 0.29) is 17.1 Å². The lowest BCUT2D eigenvalue weighted by Gasteiger charge is -2.12. The van der Waals surface area contributed by atoms with Crippen LogP contribution in [-0.2, 0) is 13.6 Å². The first-order valence-electron chi connectivity index (χ1n) is 9.61. The fraction of sp³-hybridized carbons (Fsp3) is 0.381. The standard InChI is InChI=1S/C21H25N3O5/c1-5-9-24-19-17(20(26)23(3)21(24)27)18(25)14(22-19)11-13-7-8-15(29-10-6-2)16(12-13)28-4/h7-8,11-12,22H,5-6,9-10H2,1-4H3. The van der Waals surface area contributed by atoms with Crippen molar-refractivity contribution >= 4 is 17.7 Å². The lowest BCUT2D eigenvalue weighted by atomic mass is 10.1. The van der Waals surface area contributed by atoms with Crippen LogP contribution < -0.4 is 26.0 Å². The number of fused-ring (bicyclic) bond motifs is 1. The van der Waals surface area contributed by atoms with Crippen LogP contribution in [0, 0.1) is 0 Å². The van der Waals surface area contributed by atoms with Gasteiger partial charge in [-0.05, 0) is 36.6 Å². The summed E-state index contributed by atoms with van der Waals surface area (Å²) in [6, 6.07) is 5.34. The molecule has 0 saturated heterocycles. The highest BCUT2D eigenvalue weighted by Crippen LogP contribution is 2.31. The molecule has 0 aliphatic carbocycles. The second-order valence-electron chi connectivity index (χ2n) is 6.79. The van der Waals surface area contributed by atoms with Crippen LogP contribution in [0.3, 0.4) is 0 Å². The van der Waals surface area contributed by atoms with Gasteiger partial charge in [0.15, 0.2) is 11.5 Å². The molecule has 2 aromatic rings. The topological polar surface area (TPSA) is 91.6 Å². The van der Waals surface area contributed by atoms with Gasteiger partial charge in [-0.3, -0.25) is 18.7 Å². The van der Waals surface area contributed by atoms with Gasteiger partial charge in [-0.15, -0.1) is 0 Å². The van der Waals surface area contributed by atoms with Crippen molar-refractivity contribution in [2.75, 3.05) is 19.0 Å². The van der Waals surface area contributed by atoms with Gasteiger partial charge in [-0.1, -0.05) is 19.9 Å². The van der Waals surface area contributed by atoms with Gasteiger partial charge in [0.1, 0.15) is 11.4 Å². The Balaban J connectivity index is 2.03. The molecule has 0 fully saturated rings. The molecule has 3 rings (SSSR count). The van der Waals surface area contributed by atoms with Crippen LogP contribution in [0.15, 0.2) is 33.5 Å². The van der Waals surface area contributed by atoms with E-state index in [0.717, 1.165) is 11.0 Å². The van der Waals surface area contributed by atoms with Crippen LogP contribution >= 0.6 is 0 Å². The van der Waals surface area contributed by atoms with E-state index in [4.69, 9.17) is 9.47 Å². The first-order valence-corrected chi connectivity index (χ1v) is 9.61. The summed E-state index contributed by atoms with van der Waals surface area (Å²) in [4.78, 5) is 37.8. The number of nitrogens with zero attached hydrogens (tertiary/aromatic N) is 2. The average molecular weight is 399 g/mol. The van der Waals surface area contributed by atoms with Crippen molar-refractivity contribution in [1.29, 1.82) is 0 Å². The minimum absolute atomic E-state index is 0.0123. The number of Topliss-reactive ketones (excluding diaryl/α,β-unsaturated/α-hetero) is 1. The number of aromatic nitrogens is 2. The first-order chi connectivity index (χ1) is 13.9. The zero-order chi connectivity index (χ0) is 21.1. The Hall–Kier alpha value is -3.29. The lowest BCUT2D eigenvalue weighted by molar-refractivity contribution is 0.104. The Bertz CT molecular complexity index is 1090. The van der Waals surface area contributed by atoms with Gasteiger partial charge in [0.05, 0.1) is 19.4 Å². The summed E-state index contributed by atoms with van der Waals surface area (Å²) < 4.78 is 13.4. The number of carbonyl (C=O) groups excluding carboxylic acids is 1. The Kier molecular flexibility index (Phi) is 5.91. The quantitative estimate of drug-likeness (QED) is 0.719. The molecule has 8 nitrogen and oxygen atoms in total. The van der Waals surface area contributed by atoms with E-state index < -0.39 is 17.0 Å². The maximum Gasteiger partial charge on any atom is 0.332 e. The second-order valence-corrected chi connectivity index (χ2v) is 6.79. The van der Waals surface area contributed by atoms with Crippen molar-refractivity contribution in [1.82, 2.24) is 9.13 Å². The minimum Gasteiger partial charge on any atom is -0.493 e. The predicted molar refractivity (Wildman–Crippen MR) is 111 cm³/mol. The van der Waals surface area contributed by atoms with Crippen molar-refractivity contribution in [3.8, 4) is 11.5 Å². The van der Waals surface area contributed by atoms with Crippen LogP contribution in [0.4, 0.5) is 5.82 Å². The maximum absolute atomic E-state index is 12.9. The summed E-state index contributed by atoms with van der Waals surface area (Å²) in [5.74, 6) is 0.993. The molecular weight excluding hydrogens is 374 g/mol. The van der Waals surface area contributed by atoms with Crippen molar-refractivity contribution in [2.24, 2.45) is 7.05 Å². The van der Waals surface area contributed by atoms with E-state index >= 15 is 0 Å². The van der Waals surface area contributed by atoms with Gasteiger partial charge in [0.25, 0.3) is 5.56 Å². The summed E-state index contributed by atoms with van der Waals surface area (Å²) in [5, 5.41) is 2.97. The van der Waals surface area contributed by atoms with Gasteiger partial charge >= 0.3 is 5.69 Å². The van der Waals surface area contributed by atoms with E-state index in [2.05, 4.69) is 5.32 Å². The molecule has 0 bridgehead atoms. The van der Waals surface area contributed by atoms with Crippen molar-refractivity contribution in [3.63, 3.8) is 0 Å². The Morgan fingerprint density at radius 3 is 2.52 bits per heavy atom. The molecule has 0 saturated carbocycles. The third-order valence-corrected chi connectivity index (χ3v) is 4.68. The zero-order valence-corrected chi connectivity index (χ0v) is 17.1. The summed E-state index contributed by atoms with van der Waals surface area (Å²) in [5.41, 5.74) is -0.121. The normalized spacial score (nSPS) is 14.1. The van der Waals surface area contributed by atoms with Gasteiger partial charge in [0, 0.05) is 13.6 Å². The smallest absolute Gasteiger partial charge is 0.332 e. The molecular formula is C21H25N3O5. The molecule has 8 heteroatoms. The lowest BCUT2D eigenvalue weighted by Crippen LogP contribution is -2.40. The Labute approximate surface area is 168 Å². The third kappa shape index (κ3) is 3.70. The molecule has 29 heavy (non-hydrogen) atoms. The molecule has 154 valence electrons. The molecule has 2 heterocycles. The third-order valence-electron chi connectivity index (χ3n) is 4.68.